The quantitative estimate of drug-likeness (QED) is 0.680. The van der Waals surface area contributed by atoms with Gasteiger partial charge in [-0.15, -0.1) is 0 Å². The van der Waals surface area contributed by atoms with E-state index in [2.05, 4.69) is 10.3 Å². The molecule has 1 heterocycles. The molecule has 2 aromatic carbocycles. The summed E-state index contributed by atoms with van der Waals surface area (Å²) < 4.78 is 5.08. The van der Waals surface area contributed by atoms with E-state index in [1.807, 2.05) is 55.5 Å². The molecule has 0 fully saturated rings. The summed E-state index contributed by atoms with van der Waals surface area (Å²) in [6, 6.07) is 15.6. The zero-order chi connectivity index (χ0) is 17.6. The molecular formula is C20H20N2O3. The molecule has 1 amide bonds. The Labute approximate surface area is 146 Å². The molecule has 1 aromatic heterocycles. The standard InChI is InChI=1S/C20H20N2O3/c1-14-6-2-3-7-15(14)11-22-19(23)13-25-20(24)10-16-12-21-18-9-5-4-8-17(16)18/h2-9,12,21H,10-11,13H2,1H3,(H,22,23). The first kappa shape index (κ1) is 16.8. The summed E-state index contributed by atoms with van der Waals surface area (Å²) in [4.78, 5) is 26.9. The van der Waals surface area contributed by atoms with Crippen LogP contribution in [0.5, 0.6) is 0 Å². The number of para-hydroxylation sites is 1. The number of aromatic amines is 1. The number of carbonyl (C=O) groups is 2. The number of esters is 1. The molecule has 3 aromatic rings. The number of benzene rings is 2. The van der Waals surface area contributed by atoms with Crippen LogP contribution in [-0.2, 0) is 27.3 Å². The average Bonchev–Trinajstić information content (AvgIpc) is 3.02. The monoisotopic (exact) mass is 336 g/mol. The van der Waals surface area contributed by atoms with Crippen LogP contribution in [0.2, 0.25) is 0 Å². The van der Waals surface area contributed by atoms with Crippen molar-refractivity contribution in [3.63, 3.8) is 0 Å². The molecule has 0 saturated heterocycles. The van der Waals surface area contributed by atoms with E-state index in [9.17, 15) is 9.59 Å². The topological polar surface area (TPSA) is 71.2 Å². The van der Waals surface area contributed by atoms with Crippen LogP contribution in [0.1, 0.15) is 16.7 Å². The van der Waals surface area contributed by atoms with Gasteiger partial charge in [0.2, 0.25) is 0 Å². The van der Waals surface area contributed by atoms with Crippen molar-refractivity contribution in [3.8, 4) is 0 Å². The van der Waals surface area contributed by atoms with Crippen molar-refractivity contribution in [2.75, 3.05) is 6.61 Å². The van der Waals surface area contributed by atoms with Crippen LogP contribution < -0.4 is 5.32 Å². The number of hydrogen-bond donors (Lipinski definition) is 2. The maximum absolute atomic E-state index is 12.0. The molecule has 5 heteroatoms. The van der Waals surface area contributed by atoms with Crippen LogP contribution in [0.4, 0.5) is 0 Å². The number of nitrogens with one attached hydrogen (secondary N) is 2. The lowest BCUT2D eigenvalue weighted by atomic mass is 10.1. The highest BCUT2D eigenvalue weighted by Crippen LogP contribution is 2.18. The number of aromatic nitrogens is 1. The van der Waals surface area contributed by atoms with Gasteiger partial charge in [0.25, 0.3) is 5.91 Å². The van der Waals surface area contributed by atoms with E-state index in [0.29, 0.717) is 6.54 Å². The second-order valence-corrected chi connectivity index (χ2v) is 5.90. The van der Waals surface area contributed by atoms with E-state index < -0.39 is 5.97 Å². The summed E-state index contributed by atoms with van der Waals surface area (Å²) in [6.45, 7) is 2.14. The van der Waals surface area contributed by atoms with Gasteiger partial charge in [0.05, 0.1) is 6.42 Å². The second kappa shape index (κ2) is 7.66. The van der Waals surface area contributed by atoms with Crippen molar-refractivity contribution in [1.29, 1.82) is 0 Å². The summed E-state index contributed by atoms with van der Waals surface area (Å²) in [5, 5.41) is 3.75. The maximum atomic E-state index is 12.0. The van der Waals surface area contributed by atoms with E-state index in [4.69, 9.17) is 4.74 Å². The average molecular weight is 336 g/mol. The first-order valence-corrected chi connectivity index (χ1v) is 8.15. The summed E-state index contributed by atoms with van der Waals surface area (Å²) in [5.41, 5.74) is 3.99. The molecule has 0 saturated carbocycles. The highest BCUT2D eigenvalue weighted by molar-refractivity contribution is 5.88. The molecule has 0 atom stereocenters. The minimum atomic E-state index is -0.421. The largest absolute Gasteiger partial charge is 0.455 e. The SMILES string of the molecule is Cc1ccccc1CNC(=O)COC(=O)Cc1c[nH]c2ccccc12. The zero-order valence-electron chi connectivity index (χ0n) is 14.0. The lowest BCUT2D eigenvalue weighted by Crippen LogP contribution is -2.28. The van der Waals surface area contributed by atoms with Gasteiger partial charge in [-0.25, -0.2) is 0 Å². The fourth-order valence-corrected chi connectivity index (χ4v) is 2.68. The lowest BCUT2D eigenvalue weighted by molar-refractivity contribution is -0.147. The smallest absolute Gasteiger partial charge is 0.310 e. The predicted octanol–water partition coefficient (Wildman–Crippen LogP) is 2.88. The number of rotatable bonds is 6. The molecule has 0 spiro atoms. The normalized spacial score (nSPS) is 10.6. The van der Waals surface area contributed by atoms with Crippen LogP contribution in [0.25, 0.3) is 10.9 Å². The van der Waals surface area contributed by atoms with Gasteiger partial charge in [-0.1, -0.05) is 42.5 Å². The minimum Gasteiger partial charge on any atom is -0.455 e. The molecule has 0 unspecified atom stereocenters. The summed E-state index contributed by atoms with van der Waals surface area (Å²) in [6.07, 6.45) is 1.93. The van der Waals surface area contributed by atoms with Crippen molar-refractivity contribution in [3.05, 3.63) is 71.4 Å². The lowest BCUT2D eigenvalue weighted by Gasteiger charge is -2.08. The van der Waals surface area contributed by atoms with Crippen molar-refractivity contribution in [1.82, 2.24) is 10.3 Å². The van der Waals surface area contributed by atoms with E-state index in [1.165, 1.54) is 0 Å². The van der Waals surface area contributed by atoms with Crippen molar-refractivity contribution in [2.45, 2.75) is 19.9 Å². The van der Waals surface area contributed by atoms with Gasteiger partial charge in [-0.3, -0.25) is 9.59 Å². The Morgan fingerprint density at radius 3 is 2.64 bits per heavy atom. The van der Waals surface area contributed by atoms with Gasteiger partial charge >= 0.3 is 5.97 Å². The van der Waals surface area contributed by atoms with Crippen LogP contribution in [0.3, 0.4) is 0 Å². The summed E-state index contributed by atoms with van der Waals surface area (Å²) >= 11 is 0. The van der Waals surface area contributed by atoms with Gasteiger partial charge < -0.3 is 15.0 Å². The van der Waals surface area contributed by atoms with Gasteiger partial charge in [-0.05, 0) is 29.7 Å². The Morgan fingerprint density at radius 2 is 1.80 bits per heavy atom. The molecular weight excluding hydrogens is 316 g/mol. The van der Waals surface area contributed by atoms with Crippen molar-refractivity contribution in [2.24, 2.45) is 0 Å². The van der Waals surface area contributed by atoms with Crippen LogP contribution in [0.15, 0.2) is 54.7 Å². The van der Waals surface area contributed by atoms with E-state index in [1.54, 1.807) is 6.20 Å². The number of carbonyl (C=O) groups excluding carboxylic acids is 2. The minimum absolute atomic E-state index is 0.134. The van der Waals surface area contributed by atoms with Gasteiger partial charge in [0.1, 0.15) is 0 Å². The van der Waals surface area contributed by atoms with E-state index in [0.717, 1.165) is 27.6 Å². The molecule has 0 bridgehead atoms. The first-order chi connectivity index (χ1) is 12.1. The number of H-pyrrole nitrogens is 1. The molecule has 0 aliphatic heterocycles. The third-order valence-electron chi connectivity index (χ3n) is 4.11. The molecule has 5 nitrogen and oxygen atoms in total. The summed E-state index contributed by atoms with van der Waals surface area (Å²) in [7, 11) is 0. The maximum Gasteiger partial charge on any atom is 0.310 e. The number of fused-ring (bicyclic) bond motifs is 1. The molecule has 128 valence electrons. The molecule has 0 radical (unpaired) electrons. The second-order valence-electron chi connectivity index (χ2n) is 5.90. The predicted molar refractivity (Wildman–Crippen MR) is 96.0 cm³/mol. The number of hydrogen-bond acceptors (Lipinski definition) is 3. The third kappa shape index (κ3) is 4.26. The van der Waals surface area contributed by atoms with E-state index >= 15 is 0 Å². The zero-order valence-corrected chi connectivity index (χ0v) is 14.0. The van der Waals surface area contributed by atoms with Gasteiger partial charge in [0, 0.05) is 23.6 Å². The van der Waals surface area contributed by atoms with Gasteiger partial charge in [-0.2, -0.15) is 0 Å². The van der Waals surface area contributed by atoms with Crippen molar-refractivity contribution >= 4 is 22.8 Å². The van der Waals surface area contributed by atoms with Crippen LogP contribution in [0, 0.1) is 6.92 Å². The number of ether oxygens (including phenoxy) is 1. The highest BCUT2D eigenvalue weighted by Gasteiger charge is 2.11. The fraction of sp³-hybridized carbons (Fsp3) is 0.200. The Hall–Kier alpha value is -3.08. The Kier molecular flexibility index (Phi) is 5.14. The Balaban J connectivity index is 1.47. The highest BCUT2D eigenvalue weighted by atomic mass is 16.5. The van der Waals surface area contributed by atoms with Crippen molar-refractivity contribution < 1.29 is 14.3 Å². The summed E-state index contributed by atoms with van der Waals surface area (Å²) in [5.74, 6) is -0.730. The van der Waals surface area contributed by atoms with Gasteiger partial charge in [0.15, 0.2) is 6.61 Å². The van der Waals surface area contributed by atoms with Crippen LogP contribution >= 0.6 is 0 Å². The molecule has 25 heavy (non-hydrogen) atoms. The first-order valence-electron chi connectivity index (χ1n) is 8.15. The molecule has 0 aliphatic rings. The third-order valence-corrected chi connectivity index (χ3v) is 4.11. The Morgan fingerprint density at radius 1 is 1.04 bits per heavy atom. The number of amides is 1. The molecule has 3 rings (SSSR count). The van der Waals surface area contributed by atoms with E-state index in [-0.39, 0.29) is 18.9 Å². The molecule has 2 N–H and O–H groups in total. The number of aryl methyl sites for hydroxylation is 1. The van der Waals surface area contributed by atoms with Crippen LogP contribution in [-0.4, -0.2) is 23.5 Å². The Bertz CT molecular complexity index is 899. The molecule has 0 aliphatic carbocycles. The fourth-order valence-electron chi connectivity index (χ4n) is 2.68.